The van der Waals surface area contributed by atoms with E-state index in [1.165, 1.54) is 0 Å². The first-order chi connectivity index (χ1) is 8.23. The minimum Gasteiger partial charge on any atom is -0.389 e. The molecule has 1 aromatic carbocycles. The topological polar surface area (TPSA) is 40.5 Å². The molecule has 1 amide bonds. The molecule has 100 valence electrons. The van der Waals surface area contributed by atoms with Crippen molar-refractivity contribution in [1.29, 1.82) is 0 Å². The second kappa shape index (κ2) is 5.85. The molecule has 0 aromatic heterocycles. The molecule has 0 aliphatic rings. The number of amides is 1. The summed E-state index contributed by atoms with van der Waals surface area (Å²) >= 11 is 3.39. The molecule has 18 heavy (non-hydrogen) atoms. The molecular formula is C14H20BrNO2. The molecule has 0 fully saturated rings. The van der Waals surface area contributed by atoms with Gasteiger partial charge in [0.05, 0.1) is 5.60 Å². The molecule has 0 aliphatic heterocycles. The number of aliphatic hydroxyl groups is 1. The number of carbonyl (C=O) groups excluding carboxylic acids is 1. The summed E-state index contributed by atoms with van der Waals surface area (Å²) in [4.78, 5) is 14.0. The van der Waals surface area contributed by atoms with Crippen LogP contribution in [-0.4, -0.2) is 34.6 Å². The Morgan fingerprint density at radius 2 is 2.00 bits per heavy atom. The number of rotatable bonds is 4. The molecule has 0 heterocycles. The van der Waals surface area contributed by atoms with Gasteiger partial charge < -0.3 is 10.0 Å². The zero-order valence-corrected chi connectivity index (χ0v) is 12.9. The number of carbonyl (C=O) groups is 1. The number of hydrogen-bond acceptors (Lipinski definition) is 2. The van der Waals surface area contributed by atoms with Crippen molar-refractivity contribution < 1.29 is 9.90 Å². The fraction of sp³-hybridized carbons (Fsp3) is 0.500. The minimum absolute atomic E-state index is 0.0518. The molecule has 0 bridgehead atoms. The maximum Gasteiger partial charge on any atom is 0.253 e. The van der Waals surface area contributed by atoms with Gasteiger partial charge in [-0.25, -0.2) is 0 Å². The third-order valence-electron chi connectivity index (χ3n) is 2.54. The number of halogens is 1. The molecule has 0 radical (unpaired) electrons. The molecule has 1 aromatic rings. The Kier molecular flexibility index (Phi) is 4.93. The Morgan fingerprint density at radius 3 is 2.44 bits per heavy atom. The monoisotopic (exact) mass is 313 g/mol. The highest BCUT2D eigenvalue weighted by atomic mass is 79.9. The Labute approximate surface area is 117 Å². The normalized spacial score (nSPS) is 11.4. The minimum atomic E-state index is -0.882. The molecule has 0 unspecified atom stereocenters. The van der Waals surface area contributed by atoms with Gasteiger partial charge in [-0.15, -0.1) is 0 Å². The molecule has 0 atom stereocenters. The van der Waals surface area contributed by atoms with Crippen LogP contribution in [0.1, 0.15) is 36.7 Å². The summed E-state index contributed by atoms with van der Waals surface area (Å²) in [6.07, 6.45) is 0. The largest absolute Gasteiger partial charge is 0.389 e. The van der Waals surface area contributed by atoms with Gasteiger partial charge in [0.1, 0.15) is 0 Å². The lowest BCUT2D eigenvalue weighted by Crippen LogP contribution is -2.42. The van der Waals surface area contributed by atoms with E-state index in [1.54, 1.807) is 18.7 Å². The van der Waals surface area contributed by atoms with Crippen LogP contribution in [0.25, 0.3) is 0 Å². The van der Waals surface area contributed by atoms with E-state index < -0.39 is 5.60 Å². The Hall–Kier alpha value is -0.870. The predicted molar refractivity (Wildman–Crippen MR) is 76.8 cm³/mol. The van der Waals surface area contributed by atoms with Gasteiger partial charge in [0.15, 0.2) is 0 Å². The zero-order chi connectivity index (χ0) is 13.9. The Morgan fingerprint density at radius 1 is 1.39 bits per heavy atom. The highest BCUT2D eigenvalue weighted by molar-refractivity contribution is 9.10. The summed E-state index contributed by atoms with van der Waals surface area (Å²) in [7, 11) is 0. The Bertz CT molecular complexity index is 418. The molecule has 0 saturated carbocycles. The molecule has 1 N–H and O–H groups in total. The highest BCUT2D eigenvalue weighted by Gasteiger charge is 2.22. The molecular weight excluding hydrogens is 294 g/mol. The standard InChI is InChI=1S/C14H20BrNO2/c1-5-16(9-14(3,4)18)13(17)11-6-10(2)7-12(15)8-11/h6-8,18H,5,9H2,1-4H3. The van der Waals surface area contributed by atoms with Crippen LogP contribution in [0.3, 0.4) is 0 Å². The van der Waals surface area contributed by atoms with E-state index in [9.17, 15) is 9.90 Å². The fourth-order valence-electron chi connectivity index (χ4n) is 1.84. The number of aryl methyl sites for hydroxylation is 1. The van der Waals surface area contributed by atoms with E-state index in [4.69, 9.17) is 0 Å². The highest BCUT2D eigenvalue weighted by Crippen LogP contribution is 2.17. The molecule has 1 rings (SSSR count). The average molecular weight is 314 g/mol. The van der Waals surface area contributed by atoms with Crippen LogP contribution in [0.5, 0.6) is 0 Å². The molecule has 0 saturated heterocycles. The van der Waals surface area contributed by atoms with Crippen molar-refractivity contribution in [1.82, 2.24) is 4.90 Å². The number of hydrogen-bond donors (Lipinski definition) is 1. The van der Waals surface area contributed by atoms with Gasteiger partial charge in [0.2, 0.25) is 0 Å². The first-order valence-corrected chi connectivity index (χ1v) is 6.81. The molecule has 3 nitrogen and oxygen atoms in total. The van der Waals surface area contributed by atoms with Gasteiger partial charge in [-0.3, -0.25) is 4.79 Å². The van der Waals surface area contributed by atoms with Crippen LogP contribution < -0.4 is 0 Å². The van der Waals surface area contributed by atoms with Crippen molar-refractivity contribution in [3.05, 3.63) is 33.8 Å². The summed E-state index contributed by atoms with van der Waals surface area (Å²) in [6, 6.07) is 5.63. The summed E-state index contributed by atoms with van der Waals surface area (Å²) in [5, 5.41) is 9.82. The summed E-state index contributed by atoms with van der Waals surface area (Å²) < 4.78 is 0.894. The zero-order valence-electron chi connectivity index (χ0n) is 11.3. The van der Waals surface area contributed by atoms with Crippen molar-refractivity contribution in [2.24, 2.45) is 0 Å². The third-order valence-corrected chi connectivity index (χ3v) is 2.99. The van der Waals surface area contributed by atoms with Gasteiger partial charge in [0, 0.05) is 23.1 Å². The van der Waals surface area contributed by atoms with E-state index >= 15 is 0 Å². The molecule has 0 spiro atoms. The van der Waals surface area contributed by atoms with Crippen molar-refractivity contribution in [2.75, 3.05) is 13.1 Å². The van der Waals surface area contributed by atoms with Crippen molar-refractivity contribution >= 4 is 21.8 Å². The summed E-state index contributed by atoms with van der Waals surface area (Å²) in [5.74, 6) is -0.0518. The van der Waals surface area contributed by atoms with Crippen LogP contribution in [0.2, 0.25) is 0 Å². The molecule has 4 heteroatoms. The van der Waals surface area contributed by atoms with Crippen molar-refractivity contribution in [3.63, 3.8) is 0 Å². The van der Waals surface area contributed by atoms with E-state index in [1.807, 2.05) is 32.0 Å². The van der Waals surface area contributed by atoms with Crippen LogP contribution in [0.4, 0.5) is 0 Å². The second-order valence-corrected chi connectivity index (χ2v) is 6.06. The van der Waals surface area contributed by atoms with E-state index in [2.05, 4.69) is 15.9 Å². The lowest BCUT2D eigenvalue weighted by atomic mass is 10.1. The number of benzene rings is 1. The quantitative estimate of drug-likeness (QED) is 0.928. The third kappa shape index (κ3) is 4.42. The molecule has 0 aliphatic carbocycles. The van der Waals surface area contributed by atoms with Crippen molar-refractivity contribution in [3.8, 4) is 0 Å². The smallest absolute Gasteiger partial charge is 0.253 e. The van der Waals surface area contributed by atoms with Crippen LogP contribution in [-0.2, 0) is 0 Å². The van der Waals surface area contributed by atoms with E-state index in [0.717, 1.165) is 10.0 Å². The van der Waals surface area contributed by atoms with Crippen LogP contribution in [0.15, 0.2) is 22.7 Å². The van der Waals surface area contributed by atoms with Gasteiger partial charge in [0.25, 0.3) is 5.91 Å². The summed E-state index contributed by atoms with van der Waals surface area (Å²) in [6.45, 7) is 8.18. The van der Waals surface area contributed by atoms with Gasteiger partial charge in [-0.1, -0.05) is 15.9 Å². The Balaban J connectivity index is 2.96. The average Bonchev–Trinajstić information content (AvgIpc) is 2.22. The van der Waals surface area contributed by atoms with Crippen LogP contribution in [0, 0.1) is 6.92 Å². The first kappa shape index (κ1) is 15.2. The lowest BCUT2D eigenvalue weighted by Gasteiger charge is -2.28. The predicted octanol–water partition coefficient (Wildman–Crippen LogP) is 2.99. The van der Waals surface area contributed by atoms with Gasteiger partial charge in [-0.05, 0) is 51.5 Å². The first-order valence-electron chi connectivity index (χ1n) is 6.02. The maximum atomic E-state index is 12.4. The maximum absolute atomic E-state index is 12.4. The van der Waals surface area contributed by atoms with E-state index in [-0.39, 0.29) is 5.91 Å². The van der Waals surface area contributed by atoms with Gasteiger partial charge >= 0.3 is 0 Å². The summed E-state index contributed by atoms with van der Waals surface area (Å²) in [5.41, 5.74) is 0.798. The van der Waals surface area contributed by atoms with Crippen LogP contribution >= 0.6 is 15.9 Å². The number of nitrogens with zero attached hydrogens (tertiary/aromatic N) is 1. The lowest BCUT2D eigenvalue weighted by molar-refractivity contribution is 0.0314. The fourth-order valence-corrected chi connectivity index (χ4v) is 2.44. The van der Waals surface area contributed by atoms with Crippen molar-refractivity contribution in [2.45, 2.75) is 33.3 Å². The second-order valence-electron chi connectivity index (χ2n) is 5.15. The van der Waals surface area contributed by atoms with E-state index in [0.29, 0.717) is 18.7 Å². The SMILES string of the molecule is CCN(CC(C)(C)O)C(=O)c1cc(C)cc(Br)c1. The van der Waals surface area contributed by atoms with Gasteiger partial charge in [-0.2, -0.15) is 0 Å². The number of likely N-dealkylation sites (N-methyl/N-ethyl adjacent to an activating group) is 1.